The lowest BCUT2D eigenvalue weighted by Gasteiger charge is -2.37. The molecule has 1 unspecified atom stereocenters. The first-order chi connectivity index (χ1) is 14.1. The van der Waals surface area contributed by atoms with E-state index in [1.54, 1.807) is 14.2 Å². The fourth-order valence-corrected chi connectivity index (χ4v) is 5.02. The van der Waals surface area contributed by atoms with Crippen molar-refractivity contribution in [2.75, 3.05) is 65.0 Å². The van der Waals surface area contributed by atoms with Crippen molar-refractivity contribution in [3.05, 3.63) is 23.8 Å². The van der Waals surface area contributed by atoms with Gasteiger partial charge in [-0.2, -0.15) is 11.8 Å². The maximum atomic E-state index is 10.6. The molecule has 1 atom stereocenters. The summed E-state index contributed by atoms with van der Waals surface area (Å²) in [5.41, 5.74) is 0.498. The number of hydrogen-bond donors (Lipinski definition) is 2. The Morgan fingerprint density at radius 3 is 2.66 bits per heavy atom. The highest BCUT2D eigenvalue weighted by Gasteiger charge is 2.32. The molecule has 7 nitrogen and oxygen atoms in total. The number of piperazine rings is 1. The quantitative estimate of drug-likeness (QED) is 0.512. The van der Waals surface area contributed by atoms with Gasteiger partial charge in [0.25, 0.3) is 0 Å². The third kappa shape index (κ3) is 5.93. The van der Waals surface area contributed by atoms with E-state index in [9.17, 15) is 5.11 Å². The van der Waals surface area contributed by atoms with Crippen LogP contribution in [0, 0.1) is 0 Å². The first kappa shape index (κ1) is 22.1. The molecule has 8 heteroatoms. The van der Waals surface area contributed by atoms with Crippen molar-refractivity contribution in [2.45, 2.75) is 25.5 Å². The summed E-state index contributed by atoms with van der Waals surface area (Å²) < 4.78 is 10.9. The number of ether oxygens (including phenoxy) is 2. The first-order valence-electron chi connectivity index (χ1n) is 10.3. The zero-order valence-corrected chi connectivity index (χ0v) is 18.6. The molecule has 1 aromatic carbocycles. The molecule has 3 rings (SSSR count). The molecule has 0 radical (unpaired) electrons. The molecule has 2 heterocycles. The molecule has 0 amide bonds. The van der Waals surface area contributed by atoms with E-state index in [2.05, 4.69) is 28.1 Å². The van der Waals surface area contributed by atoms with Crippen molar-refractivity contribution in [3.8, 4) is 11.5 Å². The lowest BCUT2D eigenvalue weighted by atomic mass is 10.0. The Morgan fingerprint density at radius 2 is 2.03 bits per heavy atom. The van der Waals surface area contributed by atoms with E-state index in [0.717, 1.165) is 80.2 Å². The van der Waals surface area contributed by atoms with Crippen LogP contribution in [0.1, 0.15) is 18.9 Å². The van der Waals surface area contributed by atoms with E-state index in [4.69, 9.17) is 14.5 Å². The predicted molar refractivity (Wildman–Crippen MR) is 119 cm³/mol. The number of benzene rings is 1. The van der Waals surface area contributed by atoms with Gasteiger partial charge in [-0.25, -0.2) is 0 Å². The Bertz CT molecular complexity index is 687. The minimum absolute atomic E-state index is 0.476. The number of nitrogens with zero attached hydrogens (tertiary/aromatic N) is 3. The highest BCUT2D eigenvalue weighted by Crippen LogP contribution is 2.28. The van der Waals surface area contributed by atoms with Gasteiger partial charge in [0.15, 0.2) is 5.96 Å². The Morgan fingerprint density at radius 1 is 1.24 bits per heavy atom. The zero-order valence-electron chi connectivity index (χ0n) is 17.8. The summed E-state index contributed by atoms with van der Waals surface area (Å²) >= 11 is 1.81. The summed E-state index contributed by atoms with van der Waals surface area (Å²) in [4.78, 5) is 9.49. The molecule has 1 aromatic rings. The molecule has 2 saturated heterocycles. The molecule has 0 aliphatic carbocycles. The molecule has 0 aromatic heterocycles. The predicted octanol–water partition coefficient (Wildman–Crippen LogP) is 1.65. The summed E-state index contributed by atoms with van der Waals surface area (Å²) in [6, 6.07) is 5.94. The summed E-state index contributed by atoms with van der Waals surface area (Å²) in [6.07, 6.45) is 0.830. The lowest BCUT2D eigenvalue weighted by molar-refractivity contribution is 0.0773. The SMILES string of the molecule is CCNC(=NCC1(O)CCSC1)N1CCN(Cc2cc(OC)ccc2OC)CC1. The first-order valence-corrected chi connectivity index (χ1v) is 11.5. The van der Waals surface area contributed by atoms with E-state index in [-0.39, 0.29) is 0 Å². The average Bonchev–Trinajstić information content (AvgIpc) is 3.18. The van der Waals surface area contributed by atoms with E-state index >= 15 is 0 Å². The van der Waals surface area contributed by atoms with Crippen molar-refractivity contribution >= 4 is 17.7 Å². The van der Waals surface area contributed by atoms with Gasteiger partial charge in [0, 0.05) is 50.6 Å². The Kier molecular flexibility index (Phi) is 7.91. The molecule has 2 fully saturated rings. The lowest BCUT2D eigenvalue weighted by Crippen LogP contribution is -2.52. The van der Waals surface area contributed by atoms with Crippen LogP contribution in [-0.2, 0) is 6.54 Å². The number of methoxy groups -OCH3 is 2. The molecule has 0 bridgehead atoms. The largest absolute Gasteiger partial charge is 0.497 e. The number of thioether (sulfide) groups is 1. The van der Waals surface area contributed by atoms with E-state index in [1.807, 2.05) is 23.9 Å². The summed E-state index contributed by atoms with van der Waals surface area (Å²) in [6.45, 7) is 7.93. The molecule has 0 saturated carbocycles. The van der Waals surface area contributed by atoms with Gasteiger partial charge in [0.1, 0.15) is 11.5 Å². The molecular weight excluding hydrogens is 388 g/mol. The Labute approximate surface area is 178 Å². The van der Waals surface area contributed by atoms with Gasteiger partial charge in [-0.3, -0.25) is 9.89 Å². The monoisotopic (exact) mass is 422 g/mol. The minimum Gasteiger partial charge on any atom is -0.497 e. The highest BCUT2D eigenvalue weighted by molar-refractivity contribution is 7.99. The third-order valence-electron chi connectivity index (χ3n) is 5.49. The summed E-state index contributed by atoms with van der Waals surface area (Å²) in [5.74, 6) is 4.47. The van der Waals surface area contributed by atoms with Gasteiger partial charge in [-0.15, -0.1) is 0 Å². The van der Waals surface area contributed by atoms with Gasteiger partial charge in [0.2, 0.25) is 0 Å². The molecule has 29 heavy (non-hydrogen) atoms. The van der Waals surface area contributed by atoms with Crippen LogP contribution in [0.4, 0.5) is 0 Å². The fraction of sp³-hybridized carbons (Fsp3) is 0.667. The van der Waals surface area contributed by atoms with Gasteiger partial charge in [-0.05, 0) is 37.3 Å². The van der Waals surface area contributed by atoms with Crippen LogP contribution in [-0.4, -0.2) is 91.5 Å². The molecule has 0 spiro atoms. The average molecular weight is 423 g/mol. The van der Waals surface area contributed by atoms with Crippen LogP contribution in [0.25, 0.3) is 0 Å². The van der Waals surface area contributed by atoms with Gasteiger partial charge in [-0.1, -0.05) is 0 Å². The second-order valence-electron chi connectivity index (χ2n) is 7.64. The highest BCUT2D eigenvalue weighted by atomic mass is 32.2. The van der Waals surface area contributed by atoms with E-state index < -0.39 is 5.60 Å². The molecule has 2 aliphatic rings. The third-order valence-corrected chi connectivity index (χ3v) is 6.73. The van der Waals surface area contributed by atoms with Gasteiger partial charge < -0.3 is 24.8 Å². The van der Waals surface area contributed by atoms with Crippen LogP contribution in [0.15, 0.2) is 23.2 Å². The Balaban J connectivity index is 1.58. The van der Waals surface area contributed by atoms with Crippen LogP contribution >= 0.6 is 11.8 Å². The maximum absolute atomic E-state index is 10.6. The molecule has 2 aliphatic heterocycles. The number of hydrogen-bond acceptors (Lipinski definition) is 6. The van der Waals surface area contributed by atoms with Crippen LogP contribution in [0.3, 0.4) is 0 Å². The van der Waals surface area contributed by atoms with Crippen molar-refractivity contribution < 1.29 is 14.6 Å². The normalized spacial score (nSPS) is 23.3. The van der Waals surface area contributed by atoms with Crippen molar-refractivity contribution in [3.63, 3.8) is 0 Å². The maximum Gasteiger partial charge on any atom is 0.194 e. The van der Waals surface area contributed by atoms with Crippen molar-refractivity contribution in [1.29, 1.82) is 0 Å². The van der Waals surface area contributed by atoms with Gasteiger partial charge >= 0.3 is 0 Å². The second-order valence-corrected chi connectivity index (χ2v) is 8.74. The van der Waals surface area contributed by atoms with E-state index in [1.165, 1.54) is 0 Å². The number of rotatable bonds is 7. The molecule has 162 valence electrons. The van der Waals surface area contributed by atoms with Gasteiger partial charge in [0.05, 0.1) is 26.4 Å². The van der Waals surface area contributed by atoms with Crippen LogP contribution in [0.5, 0.6) is 11.5 Å². The van der Waals surface area contributed by atoms with E-state index in [0.29, 0.717) is 6.54 Å². The number of nitrogens with one attached hydrogen (secondary N) is 1. The zero-order chi connectivity index (χ0) is 20.7. The summed E-state index contributed by atoms with van der Waals surface area (Å²) in [7, 11) is 3.39. The Hall–Kier alpha value is -1.64. The second kappa shape index (κ2) is 10.4. The number of aliphatic imine (C=N–C) groups is 1. The minimum atomic E-state index is -0.643. The van der Waals surface area contributed by atoms with Crippen molar-refractivity contribution in [1.82, 2.24) is 15.1 Å². The van der Waals surface area contributed by atoms with Crippen LogP contribution < -0.4 is 14.8 Å². The number of guanidine groups is 1. The standard InChI is InChI=1S/C21H34N4O3S/c1-4-22-20(23-15-21(26)7-12-29-16-21)25-10-8-24(9-11-25)14-17-13-18(27-2)5-6-19(17)28-3/h5-6,13,26H,4,7-12,14-16H2,1-3H3,(H,22,23). The molecule has 2 N–H and O–H groups in total. The summed E-state index contributed by atoms with van der Waals surface area (Å²) in [5, 5.41) is 14.0. The number of aliphatic hydroxyl groups is 1. The topological polar surface area (TPSA) is 69.6 Å². The molecular formula is C21H34N4O3S. The van der Waals surface area contributed by atoms with Crippen LogP contribution in [0.2, 0.25) is 0 Å². The van der Waals surface area contributed by atoms with Crippen molar-refractivity contribution in [2.24, 2.45) is 4.99 Å². The smallest absolute Gasteiger partial charge is 0.194 e. The fourth-order valence-electron chi connectivity index (χ4n) is 3.73.